The lowest BCUT2D eigenvalue weighted by Gasteiger charge is -2.16. The van der Waals surface area contributed by atoms with E-state index >= 15 is 0 Å². The number of carbonyl (C=O) groups excluding carboxylic acids is 1. The van der Waals surface area contributed by atoms with Crippen molar-refractivity contribution < 1.29 is 19.2 Å². The molecule has 1 amide bonds. The summed E-state index contributed by atoms with van der Waals surface area (Å²) in [4.78, 5) is 21.9. The molecule has 3 rings (SSSR count). The van der Waals surface area contributed by atoms with Crippen molar-refractivity contribution in [3.05, 3.63) is 63.4 Å². The van der Waals surface area contributed by atoms with Gasteiger partial charge in [0.2, 0.25) is 0 Å². The topological polar surface area (TPSA) is 106 Å². The van der Waals surface area contributed by atoms with Crippen molar-refractivity contribution in [1.29, 1.82) is 0 Å². The lowest BCUT2D eigenvalue weighted by atomic mass is 10.1. The van der Waals surface area contributed by atoms with E-state index in [0.717, 1.165) is 17.2 Å². The van der Waals surface area contributed by atoms with Crippen LogP contribution in [0.1, 0.15) is 27.7 Å². The van der Waals surface area contributed by atoms with Crippen molar-refractivity contribution in [1.82, 2.24) is 5.32 Å². The van der Waals surface area contributed by atoms with Crippen LogP contribution in [-0.4, -0.2) is 22.0 Å². The Bertz CT molecular complexity index is 709. The van der Waals surface area contributed by atoms with Crippen molar-refractivity contribution in [2.24, 2.45) is 0 Å². The standard InChI is InChI=1S/C14H12N2O5/c17-10-7-8-3-1-2-4-9(8)13(10)15-14(18)11-5-6-12(21-11)16(19)20/h1-6,10,13,17H,7H2,(H,15,18). The van der Waals surface area contributed by atoms with Gasteiger partial charge in [0.05, 0.1) is 18.2 Å². The Labute approximate surface area is 119 Å². The highest BCUT2D eigenvalue weighted by Gasteiger charge is 2.32. The molecule has 1 heterocycles. The fourth-order valence-corrected chi connectivity index (χ4v) is 2.51. The maximum atomic E-state index is 12.1. The summed E-state index contributed by atoms with van der Waals surface area (Å²) in [5.41, 5.74) is 1.82. The number of nitrogens with one attached hydrogen (secondary N) is 1. The summed E-state index contributed by atoms with van der Waals surface area (Å²) in [5.74, 6) is -1.24. The number of rotatable bonds is 3. The minimum absolute atomic E-state index is 0.154. The van der Waals surface area contributed by atoms with Crippen LogP contribution in [0.5, 0.6) is 0 Å². The molecule has 108 valence electrons. The molecule has 21 heavy (non-hydrogen) atoms. The normalized spacial score (nSPS) is 20.0. The molecular weight excluding hydrogens is 276 g/mol. The average Bonchev–Trinajstić information content (AvgIpc) is 3.05. The number of aliphatic hydroxyl groups is 1. The first-order valence-electron chi connectivity index (χ1n) is 6.37. The highest BCUT2D eigenvalue weighted by Crippen LogP contribution is 2.31. The van der Waals surface area contributed by atoms with E-state index in [4.69, 9.17) is 4.42 Å². The molecule has 1 aliphatic carbocycles. The second-order valence-electron chi connectivity index (χ2n) is 4.82. The maximum Gasteiger partial charge on any atom is 0.433 e. The van der Waals surface area contributed by atoms with Crippen LogP contribution in [-0.2, 0) is 6.42 Å². The van der Waals surface area contributed by atoms with Crippen molar-refractivity contribution in [2.75, 3.05) is 0 Å². The summed E-state index contributed by atoms with van der Waals surface area (Å²) >= 11 is 0. The Balaban J connectivity index is 1.80. The highest BCUT2D eigenvalue weighted by molar-refractivity contribution is 5.92. The molecule has 0 bridgehead atoms. The van der Waals surface area contributed by atoms with E-state index in [1.54, 1.807) is 0 Å². The quantitative estimate of drug-likeness (QED) is 0.658. The molecule has 7 heteroatoms. The van der Waals surface area contributed by atoms with Gasteiger partial charge in [-0.1, -0.05) is 24.3 Å². The third-order valence-electron chi connectivity index (χ3n) is 3.49. The summed E-state index contributed by atoms with van der Waals surface area (Å²) < 4.78 is 4.85. The molecule has 0 saturated heterocycles. The van der Waals surface area contributed by atoms with Crippen molar-refractivity contribution in [3.8, 4) is 0 Å². The molecule has 2 unspecified atom stereocenters. The summed E-state index contributed by atoms with van der Waals surface area (Å²) in [5, 5.41) is 23.2. The van der Waals surface area contributed by atoms with Gasteiger partial charge in [-0.15, -0.1) is 0 Å². The monoisotopic (exact) mass is 288 g/mol. The van der Waals surface area contributed by atoms with Crippen LogP contribution in [0.25, 0.3) is 0 Å². The number of hydrogen-bond donors (Lipinski definition) is 2. The van der Waals surface area contributed by atoms with E-state index < -0.39 is 28.9 Å². The zero-order chi connectivity index (χ0) is 15.0. The summed E-state index contributed by atoms with van der Waals surface area (Å²) in [6.07, 6.45) is -0.268. The van der Waals surface area contributed by atoms with E-state index in [2.05, 4.69) is 5.32 Å². The zero-order valence-corrected chi connectivity index (χ0v) is 10.9. The molecule has 0 saturated carbocycles. The number of fused-ring (bicyclic) bond motifs is 1. The van der Waals surface area contributed by atoms with Gasteiger partial charge in [0.15, 0.2) is 5.76 Å². The molecule has 7 nitrogen and oxygen atoms in total. The molecule has 2 N–H and O–H groups in total. The molecule has 0 aliphatic heterocycles. The van der Waals surface area contributed by atoms with Crippen molar-refractivity contribution >= 4 is 11.8 Å². The van der Waals surface area contributed by atoms with Crippen LogP contribution in [0.15, 0.2) is 40.8 Å². The number of nitro groups is 1. The Morgan fingerprint density at radius 2 is 2.10 bits per heavy atom. The first kappa shape index (κ1) is 13.3. The number of carbonyl (C=O) groups is 1. The molecule has 0 radical (unpaired) electrons. The molecule has 1 aromatic heterocycles. The second kappa shape index (κ2) is 5.02. The molecule has 2 aromatic rings. The largest absolute Gasteiger partial charge is 0.433 e. The Morgan fingerprint density at radius 3 is 2.81 bits per heavy atom. The van der Waals surface area contributed by atoms with Gasteiger partial charge in [0, 0.05) is 6.42 Å². The van der Waals surface area contributed by atoms with E-state index in [1.807, 2.05) is 24.3 Å². The van der Waals surface area contributed by atoms with Crippen LogP contribution >= 0.6 is 0 Å². The minimum Gasteiger partial charge on any atom is -0.395 e. The van der Waals surface area contributed by atoms with Crippen molar-refractivity contribution in [2.45, 2.75) is 18.6 Å². The number of amides is 1. The zero-order valence-electron chi connectivity index (χ0n) is 10.9. The number of furan rings is 1. The molecule has 0 spiro atoms. The van der Waals surface area contributed by atoms with Gasteiger partial charge >= 0.3 is 5.88 Å². The summed E-state index contributed by atoms with van der Waals surface area (Å²) in [6.45, 7) is 0. The van der Waals surface area contributed by atoms with Crippen LogP contribution in [0.2, 0.25) is 0 Å². The summed E-state index contributed by atoms with van der Waals surface area (Å²) in [6, 6.07) is 9.23. The Morgan fingerprint density at radius 1 is 1.33 bits per heavy atom. The van der Waals surface area contributed by atoms with E-state index in [9.17, 15) is 20.0 Å². The second-order valence-corrected chi connectivity index (χ2v) is 4.82. The lowest BCUT2D eigenvalue weighted by Crippen LogP contribution is -2.33. The van der Waals surface area contributed by atoms with Crippen LogP contribution in [0.3, 0.4) is 0 Å². The molecule has 0 fully saturated rings. The third kappa shape index (κ3) is 2.38. The smallest absolute Gasteiger partial charge is 0.395 e. The predicted octanol–water partition coefficient (Wildman–Crippen LogP) is 1.58. The first-order valence-corrected chi connectivity index (χ1v) is 6.37. The molecule has 1 aromatic carbocycles. The van der Waals surface area contributed by atoms with Gasteiger partial charge < -0.3 is 14.8 Å². The number of nitrogens with zero attached hydrogens (tertiary/aromatic N) is 1. The number of hydrogen-bond acceptors (Lipinski definition) is 5. The molecule has 2 atom stereocenters. The van der Waals surface area contributed by atoms with Crippen molar-refractivity contribution in [3.63, 3.8) is 0 Å². The maximum absolute atomic E-state index is 12.1. The van der Waals surface area contributed by atoms with E-state index in [1.165, 1.54) is 6.07 Å². The van der Waals surface area contributed by atoms with Gasteiger partial charge in [0.25, 0.3) is 5.91 Å². The number of benzene rings is 1. The van der Waals surface area contributed by atoms with Gasteiger partial charge in [-0.05, 0) is 17.2 Å². The van der Waals surface area contributed by atoms with Crippen LogP contribution < -0.4 is 5.32 Å². The number of aliphatic hydroxyl groups excluding tert-OH is 1. The highest BCUT2D eigenvalue weighted by atomic mass is 16.6. The van der Waals surface area contributed by atoms with Crippen LogP contribution in [0.4, 0.5) is 5.88 Å². The van der Waals surface area contributed by atoms with E-state index in [0.29, 0.717) is 6.42 Å². The van der Waals surface area contributed by atoms with Gasteiger partial charge in [-0.3, -0.25) is 14.9 Å². The molecular formula is C14H12N2O5. The SMILES string of the molecule is O=C(NC1c2ccccc2CC1O)c1ccc([N+](=O)[O-])o1. The van der Waals surface area contributed by atoms with Gasteiger partial charge in [-0.2, -0.15) is 0 Å². The fraction of sp³-hybridized carbons (Fsp3) is 0.214. The van der Waals surface area contributed by atoms with Gasteiger partial charge in [0.1, 0.15) is 4.92 Å². The molecule has 1 aliphatic rings. The lowest BCUT2D eigenvalue weighted by molar-refractivity contribution is -0.402. The predicted molar refractivity (Wildman–Crippen MR) is 71.7 cm³/mol. The first-order chi connectivity index (χ1) is 10.1. The minimum atomic E-state index is -0.726. The Kier molecular flexibility index (Phi) is 3.19. The van der Waals surface area contributed by atoms with E-state index in [-0.39, 0.29) is 5.76 Å². The van der Waals surface area contributed by atoms with Gasteiger partial charge in [-0.25, -0.2) is 0 Å². The third-order valence-corrected chi connectivity index (χ3v) is 3.49. The summed E-state index contributed by atoms with van der Waals surface area (Å²) in [7, 11) is 0. The van der Waals surface area contributed by atoms with Crippen LogP contribution in [0, 0.1) is 10.1 Å². The average molecular weight is 288 g/mol. The fourth-order valence-electron chi connectivity index (χ4n) is 2.51. The Hall–Kier alpha value is -2.67.